The summed E-state index contributed by atoms with van der Waals surface area (Å²) >= 11 is 0. The Hall–Kier alpha value is -0.790. The van der Waals surface area contributed by atoms with Gasteiger partial charge in [0, 0.05) is 11.8 Å². The van der Waals surface area contributed by atoms with Crippen molar-refractivity contribution in [3.8, 4) is 0 Å². The minimum Gasteiger partial charge on any atom is -0.448 e. The van der Waals surface area contributed by atoms with Crippen molar-refractivity contribution in [3.05, 3.63) is 17.8 Å². The third-order valence-electron chi connectivity index (χ3n) is 2.04. The molecule has 0 amide bonds. The highest BCUT2D eigenvalue weighted by Crippen LogP contribution is 2.29. The number of rotatable bonds is 1. The molecule has 0 N–H and O–H groups in total. The van der Waals surface area contributed by atoms with Crippen LogP contribution in [0.5, 0.6) is 0 Å². The van der Waals surface area contributed by atoms with Crippen LogP contribution in [0.3, 0.4) is 0 Å². The molecule has 1 rings (SSSR count). The van der Waals surface area contributed by atoms with Crippen LogP contribution in [-0.4, -0.2) is 4.98 Å². The molecule has 0 aliphatic heterocycles. The normalized spacial score (nSPS) is 13.3. The van der Waals surface area contributed by atoms with Crippen molar-refractivity contribution in [2.24, 2.45) is 5.41 Å². The van der Waals surface area contributed by atoms with E-state index < -0.39 is 0 Å². The number of oxazole rings is 1. The smallest absolute Gasteiger partial charge is 0.181 e. The Morgan fingerprint density at radius 2 is 1.71 bits per heavy atom. The standard InChI is InChI=1S/C12H21NO/c1-11(2,3)7-9-10(12(4,5)6)13-8-14-9/h8H,7H2,1-6H3. The molecule has 2 heteroatoms. The Bertz CT molecular complexity index is 299. The van der Waals surface area contributed by atoms with E-state index in [-0.39, 0.29) is 10.8 Å². The van der Waals surface area contributed by atoms with Gasteiger partial charge in [0.25, 0.3) is 0 Å². The zero-order valence-electron chi connectivity index (χ0n) is 10.1. The van der Waals surface area contributed by atoms with E-state index >= 15 is 0 Å². The van der Waals surface area contributed by atoms with Gasteiger partial charge in [0.05, 0.1) is 5.69 Å². The van der Waals surface area contributed by atoms with Gasteiger partial charge in [-0.05, 0) is 5.41 Å². The molecule has 0 aliphatic rings. The second-order valence-corrected chi connectivity index (χ2v) is 6.11. The molecular weight excluding hydrogens is 174 g/mol. The van der Waals surface area contributed by atoms with Gasteiger partial charge >= 0.3 is 0 Å². The van der Waals surface area contributed by atoms with Gasteiger partial charge in [-0.1, -0.05) is 41.5 Å². The first-order chi connectivity index (χ1) is 6.20. The van der Waals surface area contributed by atoms with Gasteiger partial charge in [-0.15, -0.1) is 0 Å². The van der Waals surface area contributed by atoms with Crippen molar-refractivity contribution < 1.29 is 4.42 Å². The van der Waals surface area contributed by atoms with Crippen LogP contribution >= 0.6 is 0 Å². The highest BCUT2D eigenvalue weighted by Gasteiger charge is 2.25. The van der Waals surface area contributed by atoms with Crippen molar-refractivity contribution in [3.63, 3.8) is 0 Å². The van der Waals surface area contributed by atoms with Crippen molar-refractivity contribution in [1.29, 1.82) is 0 Å². The molecule has 14 heavy (non-hydrogen) atoms. The molecule has 2 nitrogen and oxygen atoms in total. The number of aromatic nitrogens is 1. The summed E-state index contributed by atoms with van der Waals surface area (Å²) in [4.78, 5) is 4.30. The van der Waals surface area contributed by atoms with E-state index in [1.807, 2.05) is 0 Å². The Morgan fingerprint density at radius 3 is 2.14 bits per heavy atom. The van der Waals surface area contributed by atoms with Crippen LogP contribution in [0.1, 0.15) is 53.0 Å². The molecule has 0 saturated heterocycles. The first kappa shape index (κ1) is 11.3. The van der Waals surface area contributed by atoms with Gasteiger partial charge in [0.2, 0.25) is 0 Å². The first-order valence-corrected chi connectivity index (χ1v) is 5.13. The lowest BCUT2D eigenvalue weighted by molar-refractivity contribution is 0.355. The molecule has 1 aromatic rings. The summed E-state index contributed by atoms with van der Waals surface area (Å²) < 4.78 is 5.46. The minimum absolute atomic E-state index is 0.0770. The Morgan fingerprint density at radius 1 is 1.14 bits per heavy atom. The van der Waals surface area contributed by atoms with Gasteiger partial charge in [0.15, 0.2) is 6.39 Å². The summed E-state index contributed by atoms with van der Waals surface area (Å²) in [6.45, 7) is 13.1. The van der Waals surface area contributed by atoms with E-state index in [1.54, 1.807) is 6.39 Å². The summed E-state index contributed by atoms with van der Waals surface area (Å²) in [5.74, 6) is 1.03. The molecule has 0 radical (unpaired) electrons. The third kappa shape index (κ3) is 2.86. The molecule has 1 heterocycles. The van der Waals surface area contributed by atoms with Crippen LogP contribution in [0.2, 0.25) is 0 Å². The summed E-state index contributed by atoms with van der Waals surface area (Å²) in [6.07, 6.45) is 2.50. The van der Waals surface area contributed by atoms with Crippen LogP contribution in [0.25, 0.3) is 0 Å². The fraction of sp³-hybridized carbons (Fsp3) is 0.750. The van der Waals surface area contributed by atoms with Gasteiger partial charge in [-0.3, -0.25) is 0 Å². The average molecular weight is 195 g/mol. The van der Waals surface area contributed by atoms with Gasteiger partial charge in [-0.25, -0.2) is 4.98 Å². The van der Waals surface area contributed by atoms with Gasteiger partial charge < -0.3 is 4.42 Å². The fourth-order valence-corrected chi connectivity index (χ4v) is 1.49. The van der Waals surface area contributed by atoms with E-state index in [0.29, 0.717) is 0 Å². The molecule has 80 valence electrons. The predicted octanol–water partition coefficient (Wildman–Crippen LogP) is 3.56. The lowest BCUT2D eigenvalue weighted by atomic mass is 9.85. The Kier molecular flexibility index (Phi) is 2.75. The summed E-state index contributed by atoms with van der Waals surface area (Å²) in [5.41, 5.74) is 1.42. The number of nitrogens with zero attached hydrogens (tertiary/aromatic N) is 1. The van der Waals surface area contributed by atoms with Crippen molar-refractivity contribution >= 4 is 0 Å². The molecule has 0 fully saturated rings. The van der Waals surface area contributed by atoms with Crippen molar-refractivity contribution in [2.45, 2.75) is 53.4 Å². The molecule has 0 saturated carbocycles. The zero-order chi connectivity index (χ0) is 11.0. The topological polar surface area (TPSA) is 26.0 Å². The monoisotopic (exact) mass is 195 g/mol. The molecule has 0 unspecified atom stereocenters. The maximum atomic E-state index is 5.46. The second-order valence-electron chi connectivity index (χ2n) is 6.11. The summed E-state index contributed by atoms with van der Waals surface area (Å²) in [5, 5.41) is 0. The fourth-order valence-electron chi connectivity index (χ4n) is 1.49. The molecular formula is C12H21NO. The van der Waals surface area contributed by atoms with Crippen molar-refractivity contribution in [1.82, 2.24) is 4.98 Å². The van der Waals surface area contributed by atoms with E-state index in [9.17, 15) is 0 Å². The van der Waals surface area contributed by atoms with Crippen LogP contribution in [0.4, 0.5) is 0 Å². The van der Waals surface area contributed by atoms with Crippen LogP contribution in [-0.2, 0) is 11.8 Å². The Labute approximate surface area is 86.7 Å². The van der Waals surface area contributed by atoms with Crippen LogP contribution in [0.15, 0.2) is 10.8 Å². The maximum absolute atomic E-state index is 5.46. The highest BCUT2D eigenvalue weighted by molar-refractivity contribution is 5.17. The summed E-state index contributed by atoms with van der Waals surface area (Å²) in [6, 6.07) is 0. The molecule has 0 bridgehead atoms. The van der Waals surface area contributed by atoms with Gasteiger partial charge in [-0.2, -0.15) is 0 Å². The first-order valence-electron chi connectivity index (χ1n) is 5.13. The molecule has 0 spiro atoms. The van der Waals surface area contributed by atoms with E-state index in [0.717, 1.165) is 17.9 Å². The predicted molar refractivity (Wildman–Crippen MR) is 58.4 cm³/mol. The zero-order valence-corrected chi connectivity index (χ0v) is 10.1. The van der Waals surface area contributed by atoms with Crippen LogP contribution < -0.4 is 0 Å². The number of hydrogen-bond acceptors (Lipinski definition) is 2. The van der Waals surface area contributed by atoms with Gasteiger partial charge in [0.1, 0.15) is 5.76 Å². The summed E-state index contributed by atoms with van der Waals surface area (Å²) in [7, 11) is 0. The lowest BCUT2D eigenvalue weighted by Gasteiger charge is -2.21. The largest absolute Gasteiger partial charge is 0.448 e. The van der Waals surface area contributed by atoms with Crippen molar-refractivity contribution in [2.75, 3.05) is 0 Å². The molecule has 0 atom stereocenters. The maximum Gasteiger partial charge on any atom is 0.181 e. The number of hydrogen-bond donors (Lipinski definition) is 0. The quantitative estimate of drug-likeness (QED) is 0.684. The van der Waals surface area contributed by atoms with Crippen LogP contribution in [0, 0.1) is 5.41 Å². The Balaban J connectivity index is 2.95. The lowest BCUT2D eigenvalue weighted by Crippen LogP contribution is -2.17. The van der Waals surface area contributed by atoms with E-state index in [1.165, 1.54) is 0 Å². The third-order valence-corrected chi connectivity index (χ3v) is 2.04. The van der Waals surface area contributed by atoms with E-state index in [4.69, 9.17) is 4.42 Å². The highest BCUT2D eigenvalue weighted by atomic mass is 16.3. The average Bonchev–Trinajstić information content (AvgIpc) is 2.29. The SMILES string of the molecule is CC(C)(C)Cc1ocnc1C(C)(C)C. The molecule has 1 aromatic heterocycles. The molecule has 0 aromatic carbocycles. The van der Waals surface area contributed by atoms with E-state index in [2.05, 4.69) is 46.5 Å². The molecule has 0 aliphatic carbocycles. The second kappa shape index (κ2) is 3.41. The minimum atomic E-state index is 0.0770.